The van der Waals surface area contributed by atoms with Crippen LogP contribution in [0.3, 0.4) is 0 Å². The van der Waals surface area contributed by atoms with Crippen molar-refractivity contribution in [3.63, 3.8) is 0 Å². The lowest BCUT2D eigenvalue weighted by molar-refractivity contribution is 0.189. The summed E-state index contributed by atoms with van der Waals surface area (Å²) in [5.41, 5.74) is 1.46. The predicted octanol–water partition coefficient (Wildman–Crippen LogP) is 2.59. The highest BCUT2D eigenvalue weighted by Gasteiger charge is 2.43. The standard InChI is InChI=1S/C23H32N6O2/c1-28-17-19(9-10-20(30)16-18-6-3-2-4-7-18)29(22(28)31)15-14-23(12-13-23)11-5-8-21-24-26-27-25-21/h2-4,6-7,9-10,19-20,30H,5,8,11-17H2,1H3,(H,24,25,26,27). The van der Waals surface area contributed by atoms with Gasteiger partial charge in [-0.3, -0.25) is 0 Å². The Hall–Kier alpha value is -2.74. The molecule has 2 heterocycles. The summed E-state index contributed by atoms with van der Waals surface area (Å²) >= 11 is 0. The summed E-state index contributed by atoms with van der Waals surface area (Å²) < 4.78 is 0. The summed E-state index contributed by atoms with van der Waals surface area (Å²) in [6, 6.07) is 10.1. The van der Waals surface area contributed by atoms with Crippen LogP contribution >= 0.6 is 0 Å². The van der Waals surface area contributed by atoms with E-state index in [-0.39, 0.29) is 12.1 Å². The van der Waals surface area contributed by atoms with Crippen molar-refractivity contribution in [1.82, 2.24) is 30.4 Å². The summed E-state index contributed by atoms with van der Waals surface area (Å²) in [6.45, 7) is 1.42. The normalized spacial score (nSPS) is 21.2. The van der Waals surface area contributed by atoms with Gasteiger partial charge in [0.25, 0.3) is 0 Å². The number of likely N-dealkylation sites (N-methyl/N-ethyl adjacent to an activating group) is 1. The Bertz CT molecular complexity index is 865. The maximum absolute atomic E-state index is 12.7. The Morgan fingerprint density at radius 1 is 1.29 bits per heavy atom. The number of carbonyl (C=O) groups is 1. The van der Waals surface area contributed by atoms with Gasteiger partial charge in [-0.2, -0.15) is 5.21 Å². The van der Waals surface area contributed by atoms with Crippen LogP contribution in [0, 0.1) is 5.41 Å². The molecule has 0 radical (unpaired) electrons. The van der Waals surface area contributed by atoms with E-state index in [0.717, 1.165) is 43.6 Å². The first-order valence-corrected chi connectivity index (χ1v) is 11.2. The largest absolute Gasteiger partial charge is 0.389 e. The van der Waals surface area contributed by atoms with E-state index in [4.69, 9.17) is 0 Å². The third-order valence-electron chi connectivity index (χ3n) is 6.61. The fourth-order valence-corrected chi connectivity index (χ4v) is 4.49. The predicted molar refractivity (Wildman–Crippen MR) is 117 cm³/mol. The highest BCUT2D eigenvalue weighted by molar-refractivity contribution is 5.77. The number of aromatic nitrogens is 4. The number of rotatable bonds is 11. The maximum atomic E-state index is 12.7. The molecule has 2 amide bonds. The number of H-pyrrole nitrogens is 1. The molecule has 8 nitrogen and oxygen atoms in total. The van der Waals surface area contributed by atoms with Crippen molar-refractivity contribution in [2.24, 2.45) is 5.41 Å². The molecule has 0 bridgehead atoms. The van der Waals surface area contributed by atoms with Crippen molar-refractivity contribution in [3.05, 3.63) is 53.9 Å². The summed E-state index contributed by atoms with van der Waals surface area (Å²) in [5.74, 6) is 0.770. The Morgan fingerprint density at radius 3 is 2.81 bits per heavy atom. The third-order valence-corrected chi connectivity index (χ3v) is 6.61. The zero-order valence-electron chi connectivity index (χ0n) is 18.2. The van der Waals surface area contributed by atoms with Crippen molar-refractivity contribution >= 4 is 6.03 Å². The molecule has 1 aromatic carbocycles. The van der Waals surface area contributed by atoms with Gasteiger partial charge in [0.05, 0.1) is 12.1 Å². The van der Waals surface area contributed by atoms with Gasteiger partial charge in [-0.15, -0.1) is 10.2 Å². The first kappa shape index (κ1) is 21.5. The first-order valence-electron chi connectivity index (χ1n) is 11.2. The number of tetrazole rings is 1. The van der Waals surface area contributed by atoms with Crippen LogP contribution in [0.5, 0.6) is 0 Å². The molecule has 2 N–H and O–H groups in total. The molecule has 1 aromatic heterocycles. The number of aryl methyl sites for hydroxylation is 1. The number of hydrogen-bond acceptors (Lipinski definition) is 5. The SMILES string of the molecule is CN1CC(C=CC(O)Cc2ccccc2)N(CCC2(CCCc3nn[nH]n3)CC2)C1=O. The van der Waals surface area contributed by atoms with E-state index in [1.165, 1.54) is 12.8 Å². The molecule has 2 unspecified atom stereocenters. The minimum absolute atomic E-state index is 0.0121. The molecule has 1 aliphatic carbocycles. The lowest BCUT2D eigenvalue weighted by Crippen LogP contribution is -2.35. The van der Waals surface area contributed by atoms with E-state index >= 15 is 0 Å². The summed E-state index contributed by atoms with van der Waals surface area (Å²) in [6.07, 6.45) is 10.4. The average molecular weight is 425 g/mol. The number of urea groups is 1. The van der Waals surface area contributed by atoms with Gasteiger partial charge in [0.15, 0.2) is 5.82 Å². The van der Waals surface area contributed by atoms with Crippen LogP contribution < -0.4 is 0 Å². The van der Waals surface area contributed by atoms with Crippen molar-refractivity contribution in [2.45, 2.75) is 57.1 Å². The molecule has 1 aliphatic heterocycles. The summed E-state index contributed by atoms with van der Waals surface area (Å²) in [7, 11) is 1.85. The fourth-order valence-electron chi connectivity index (χ4n) is 4.49. The van der Waals surface area contributed by atoms with E-state index in [2.05, 4.69) is 20.6 Å². The number of aromatic amines is 1. The number of aliphatic hydroxyl groups is 1. The maximum Gasteiger partial charge on any atom is 0.320 e. The van der Waals surface area contributed by atoms with E-state index in [1.54, 1.807) is 4.90 Å². The van der Waals surface area contributed by atoms with E-state index in [0.29, 0.717) is 18.4 Å². The van der Waals surface area contributed by atoms with Crippen LogP contribution in [0.1, 0.15) is 43.5 Å². The molecule has 31 heavy (non-hydrogen) atoms. The summed E-state index contributed by atoms with van der Waals surface area (Å²) in [4.78, 5) is 16.4. The lowest BCUT2D eigenvalue weighted by atomic mass is 9.94. The number of nitrogens with one attached hydrogen (secondary N) is 1. The molecular formula is C23H32N6O2. The molecular weight excluding hydrogens is 392 g/mol. The molecule has 1 saturated carbocycles. The van der Waals surface area contributed by atoms with Crippen LogP contribution in [0.4, 0.5) is 4.79 Å². The number of amides is 2. The van der Waals surface area contributed by atoms with Gasteiger partial charge < -0.3 is 14.9 Å². The first-order chi connectivity index (χ1) is 15.0. The quantitative estimate of drug-likeness (QED) is 0.540. The lowest BCUT2D eigenvalue weighted by Gasteiger charge is -2.24. The number of aliphatic hydroxyl groups excluding tert-OH is 1. The number of nitrogens with zero attached hydrogens (tertiary/aromatic N) is 5. The van der Waals surface area contributed by atoms with Gasteiger partial charge in [-0.05, 0) is 43.1 Å². The number of hydrogen-bond donors (Lipinski definition) is 2. The van der Waals surface area contributed by atoms with Crippen molar-refractivity contribution in [2.75, 3.05) is 20.1 Å². The van der Waals surface area contributed by atoms with Gasteiger partial charge >= 0.3 is 6.03 Å². The molecule has 2 aliphatic rings. The zero-order chi connectivity index (χ0) is 21.7. The average Bonchev–Trinajstić information content (AvgIpc) is 3.22. The zero-order valence-corrected chi connectivity index (χ0v) is 18.2. The van der Waals surface area contributed by atoms with Crippen LogP contribution in [0.15, 0.2) is 42.5 Å². The Labute approximate surface area is 183 Å². The van der Waals surface area contributed by atoms with Gasteiger partial charge in [-0.25, -0.2) is 4.79 Å². The number of carbonyl (C=O) groups excluding carboxylic acids is 1. The van der Waals surface area contributed by atoms with E-state index in [9.17, 15) is 9.90 Å². The molecule has 0 spiro atoms. The number of benzene rings is 1. The van der Waals surface area contributed by atoms with Gasteiger partial charge in [0.2, 0.25) is 0 Å². The second-order valence-electron chi connectivity index (χ2n) is 9.00. The molecule has 4 rings (SSSR count). The smallest absolute Gasteiger partial charge is 0.320 e. The minimum atomic E-state index is -0.551. The van der Waals surface area contributed by atoms with Crippen LogP contribution in [0.2, 0.25) is 0 Å². The Balaban J connectivity index is 1.28. The van der Waals surface area contributed by atoms with E-state index < -0.39 is 6.10 Å². The van der Waals surface area contributed by atoms with Crippen LogP contribution in [0.25, 0.3) is 0 Å². The van der Waals surface area contributed by atoms with Gasteiger partial charge in [-0.1, -0.05) is 47.7 Å². The second kappa shape index (κ2) is 9.60. The Morgan fingerprint density at radius 2 is 2.10 bits per heavy atom. The van der Waals surface area contributed by atoms with Crippen molar-refractivity contribution in [1.29, 1.82) is 0 Å². The van der Waals surface area contributed by atoms with Gasteiger partial charge in [0, 0.05) is 33.0 Å². The molecule has 1 saturated heterocycles. The highest BCUT2D eigenvalue weighted by atomic mass is 16.3. The second-order valence-corrected chi connectivity index (χ2v) is 9.00. The highest BCUT2D eigenvalue weighted by Crippen LogP contribution is 2.53. The fraction of sp³-hybridized carbons (Fsp3) is 0.565. The van der Waals surface area contributed by atoms with E-state index in [1.807, 2.05) is 54.4 Å². The topological polar surface area (TPSA) is 98.2 Å². The monoisotopic (exact) mass is 424 g/mol. The van der Waals surface area contributed by atoms with Crippen LogP contribution in [-0.2, 0) is 12.8 Å². The molecule has 2 aromatic rings. The van der Waals surface area contributed by atoms with Crippen molar-refractivity contribution < 1.29 is 9.90 Å². The molecule has 2 fully saturated rings. The summed E-state index contributed by atoms with van der Waals surface area (Å²) in [5, 5.41) is 24.6. The molecule has 166 valence electrons. The minimum Gasteiger partial charge on any atom is -0.389 e. The molecule has 2 atom stereocenters. The van der Waals surface area contributed by atoms with Crippen LogP contribution in [-0.4, -0.2) is 73.8 Å². The van der Waals surface area contributed by atoms with Crippen molar-refractivity contribution in [3.8, 4) is 0 Å². The molecule has 8 heteroatoms. The Kier molecular flexibility index (Phi) is 6.65. The third kappa shape index (κ3) is 5.70. The van der Waals surface area contributed by atoms with Gasteiger partial charge in [0.1, 0.15) is 0 Å².